The summed E-state index contributed by atoms with van der Waals surface area (Å²) in [5.41, 5.74) is 2.57. The summed E-state index contributed by atoms with van der Waals surface area (Å²) in [6, 6.07) is 22.3. The Labute approximate surface area is 175 Å². The van der Waals surface area contributed by atoms with Crippen LogP contribution in [0.4, 0.5) is 11.4 Å². The molecule has 0 radical (unpaired) electrons. The number of anilines is 2. The monoisotopic (exact) mass is 421 g/mol. The van der Waals surface area contributed by atoms with Gasteiger partial charge in [0.05, 0.1) is 17.9 Å². The van der Waals surface area contributed by atoms with Crippen LogP contribution in [0.25, 0.3) is 0 Å². The molecule has 3 aromatic carbocycles. The summed E-state index contributed by atoms with van der Waals surface area (Å²) in [4.78, 5) is 12.5. The second kappa shape index (κ2) is 9.11. The molecule has 0 aromatic heterocycles. The molecule has 0 bridgehead atoms. The second-order valence-corrected chi connectivity index (χ2v) is 8.29. The van der Waals surface area contributed by atoms with Crippen molar-refractivity contribution in [3.63, 3.8) is 0 Å². The first-order chi connectivity index (χ1) is 14.3. The van der Waals surface area contributed by atoms with Gasteiger partial charge in [0.15, 0.2) is 0 Å². The molecule has 3 aromatic rings. The average molecular weight is 421 g/mol. The lowest BCUT2D eigenvalue weighted by atomic mass is 10.1. The van der Waals surface area contributed by atoms with E-state index in [2.05, 4.69) is 16.1 Å². The lowest BCUT2D eigenvalue weighted by Gasteiger charge is -2.10. The molecule has 1 amide bonds. The molecule has 0 unspecified atom stereocenters. The van der Waals surface area contributed by atoms with Crippen molar-refractivity contribution in [1.82, 2.24) is 0 Å². The number of carbonyl (C=O) groups excluding carboxylic acids is 1. The molecule has 8 heteroatoms. The molecule has 152 valence electrons. The number of sulfonamides is 1. The van der Waals surface area contributed by atoms with Crippen LogP contribution in [0.5, 0.6) is 5.75 Å². The second-order valence-electron chi connectivity index (χ2n) is 6.54. The zero-order chi connectivity index (χ0) is 21.6. The third kappa shape index (κ3) is 6.09. The van der Waals surface area contributed by atoms with E-state index in [1.807, 2.05) is 6.07 Å². The van der Waals surface area contributed by atoms with Crippen molar-refractivity contribution >= 4 is 27.3 Å². The molecule has 0 atom stereocenters. The standard InChI is InChI=1S/C22H19N3O4S/c1-30(27,28)25-20-9-3-7-18(12-20)22(26)24-19-8-4-10-21(13-19)29-15-17-6-2-5-16(11-17)14-23/h2-13,25H,15H2,1H3,(H,24,26). The normalized spacial score (nSPS) is 10.7. The topological polar surface area (TPSA) is 108 Å². The molecule has 2 N–H and O–H groups in total. The molecular weight excluding hydrogens is 402 g/mol. The van der Waals surface area contributed by atoms with Gasteiger partial charge in [-0.3, -0.25) is 9.52 Å². The summed E-state index contributed by atoms with van der Waals surface area (Å²) >= 11 is 0. The highest BCUT2D eigenvalue weighted by Crippen LogP contribution is 2.20. The van der Waals surface area contributed by atoms with E-state index in [4.69, 9.17) is 10.00 Å². The molecule has 0 aliphatic carbocycles. The number of carbonyl (C=O) groups is 1. The Morgan fingerprint density at radius 2 is 1.73 bits per heavy atom. The number of nitrogens with zero attached hydrogens (tertiary/aromatic N) is 1. The van der Waals surface area contributed by atoms with Crippen molar-refractivity contribution < 1.29 is 17.9 Å². The van der Waals surface area contributed by atoms with E-state index >= 15 is 0 Å². The number of nitrogens with one attached hydrogen (secondary N) is 2. The van der Waals surface area contributed by atoms with E-state index in [9.17, 15) is 13.2 Å². The molecule has 3 rings (SSSR count). The Bertz CT molecular complexity index is 1220. The summed E-state index contributed by atoms with van der Waals surface area (Å²) in [5.74, 6) is 0.175. The first-order valence-corrected chi connectivity index (χ1v) is 10.8. The van der Waals surface area contributed by atoms with E-state index in [0.29, 0.717) is 28.3 Å². The third-order valence-corrected chi connectivity index (χ3v) is 4.59. The number of nitriles is 1. The highest BCUT2D eigenvalue weighted by atomic mass is 32.2. The number of amides is 1. The van der Waals surface area contributed by atoms with E-state index in [1.54, 1.807) is 60.7 Å². The van der Waals surface area contributed by atoms with E-state index in [-0.39, 0.29) is 12.5 Å². The maximum Gasteiger partial charge on any atom is 0.255 e. The fraction of sp³-hybridized carbons (Fsp3) is 0.0909. The Morgan fingerprint density at radius 3 is 2.50 bits per heavy atom. The summed E-state index contributed by atoms with van der Waals surface area (Å²) in [6.45, 7) is 0.284. The van der Waals surface area contributed by atoms with Crippen LogP contribution in [0.3, 0.4) is 0 Å². The Hall–Kier alpha value is -3.83. The van der Waals surface area contributed by atoms with E-state index in [1.165, 1.54) is 6.07 Å². The highest BCUT2D eigenvalue weighted by molar-refractivity contribution is 7.92. The Morgan fingerprint density at radius 1 is 1.00 bits per heavy atom. The quantitative estimate of drug-likeness (QED) is 0.604. The van der Waals surface area contributed by atoms with Crippen molar-refractivity contribution in [3.8, 4) is 11.8 Å². The molecule has 0 heterocycles. The van der Waals surface area contributed by atoms with Crippen LogP contribution >= 0.6 is 0 Å². The number of hydrogen-bond acceptors (Lipinski definition) is 5. The molecule has 0 aliphatic heterocycles. The fourth-order valence-electron chi connectivity index (χ4n) is 2.70. The Balaban J connectivity index is 1.67. The van der Waals surface area contributed by atoms with Gasteiger partial charge in [0, 0.05) is 23.0 Å². The molecule has 0 saturated heterocycles. The van der Waals surface area contributed by atoms with Gasteiger partial charge in [-0.1, -0.05) is 24.3 Å². The SMILES string of the molecule is CS(=O)(=O)Nc1cccc(C(=O)Nc2cccc(OCc3cccc(C#N)c3)c2)c1. The van der Waals surface area contributed by atoms with Crippen molar-refractivity contribution in [2.24, 2.45) is 0 Å². The minimum atomic E-state index is -3.43. The average Bonchev–Trinajstić information content (AvgIpc) is 2.71. The van der Waals surface area contributed by atoms with E-state index < -0.39 is 10.0 Å². The Kier molecular flexibility index (Phi) is 6.35. The fourth-order valence-corrected chi connectivity index (χ4v) is 3.26. The maximum atomic E-state index is 12.5. The largest absolute Gasteiger partial charge is 0.489 e. The van der Waals surface area contributed by atoms with Crippen molar-refractivity contribution in [3.05, 3.63) is 89.5 Å². The maximum absolute atomic E-state index is 12.5. The van der Waals surface area contributed by atoms with Crippen molar-refractivity contribution in [1.29, 1.82) is 5.26 Å². The summed E-state index contributed by atoms with van der Waals surface area (Å²) in [6.07, 6.45) is 1.04. The van der Waals surface area contributed by atoms with Crippen molar-refractivity contribution in [2.75, 3.05) is 16.3 Å². The number of hydrogen-bond donors (Lipinski definition) is 2. The zero-order valence-electron chi connectivity index (χ0n) is 16.1. The van der Waals surface area contributed by atoms with Gasteiger partial charge >= 0.3 is 0 Å². The molecule has 0 aliphatic rings. The summed E-state index contributed by atoms with van der Waals surface area (Å²) < 4.78 is 30.8. The summed E-state index contributed by atoms with van der Waals surface area (Å²) in [7, 11) is -3.43. The minimum absolute atomic E-state index is 0.284. The van der Waals surface area contributed by atoms with Gasteiger partial charge in [0.1, 0.15) is 12.4 Å². The molecule has 0 saturated carbocycles. The van der Waals surface area contributed by atoms with Gasteiger partial charge in [0.25, 0.3) is 5.91 Å². The zero-order valence-corrected chi connectivity index (χ0v) is 16.9. The predicted molar refractivity (Wildman–Crippen MR) is 115 cm³/mol. The van der Waals surface area contributed by atoms with Crippen LogP contribution in [0.15, 0.2) is 72.8 Å². The molecule has 0 fully saturated rings. The number of ether oxygens (including phenoxy) is 1. The van der Waals surface area contributed by atoms with Crippen LogP contribution in [0.1, 0.15) is 21.5 Å². The van der Waals surface area contributed by atoms with Gasteiger partial charge in [-0.25, -0.2) is 8.42 Å². The lowest BCUT2D eigenvalue weighted by molar-refractivity contribution is 0.102. The molecule has 7 nitrogen and oxygen atoms in total. The minimum Gasteiger partial charge on any atom is -0.489 e. The van der Waals surface area contributed by atoms with Gasteiger partial charge in [-0.05, 0) is 48.0 Å². The van der Waals surface area contributed by atoms with Crippen LogP contribution < -0.4 is 14.8 Å². The van der Waals surface area contributed by atoms with Gasteiger partial charge < -0.3 is 10.1 Å². The van der Waals surface area contributed by atoms with Crippen molar-refractivity contribution in [2.45, 2.75) is 6.61 Å². The first kappa shape index (κ1) is 20.9. The van der Waals surface area contributed by atoms with E-state index in [0.717, 1.165) is 11.8 Å². The van der Waals surface area contributed by atoms with Gasteiger partial charge in [-0.15, -0.1) is 0 Å². The molecule has 0 spiro atoms. The van der Waals surface area contributed by atoms with Crippen LogP contribution in [0, 0.1) is 11.3 Å². The summed E-state index contributed by atoms with van der Waals surface area (Å²) in [5, 5.41) is 11.7. The van der Waals surface area contributed by atoms with Crippen LogP contribution in [-0.2, 0) is 16.6 Å². The predicted octanol–water partition coefficient (Wildman–Crippen LogP) is 3.76. The lowest BCUT2D eigenvalue weighted by Crippen LogP contribution is -2.14. The third-order valence-electron chi connectivity index (χ3n) is 3.98. The highest BCUT2D eigenvalue weighted by Gasteiger charge is 2.09. The van der Waals surface area contributed by atoms with Gasteiger partial charge in [0.2, 0.25) is 10.0 Å². The number of rotatable bonds is 7. The van der Waals surface area contributed by atoms with Crippen LogP contribution in [-0.4, -0.2) is 20.6 Å². The molecular formula is C22H19N3O4S. The smallest absolute Gasteiger partial charge is 0.255 e. The van der Waals surface area contributed by atoms with Gasteiger partial charge in [-0.2, -0.15) is 5.26 Å². The first-order valence-electron chi connectivity index (χ1n) is 8.93. The van der Waals surface area contributed by atoms with Crippen LogP contribution in [0.2, 0.25) is 0 Å². The number of benzene rings is 3. The molecule has 30 heavy (non-hydrogen) atoms.